The number of unbranched alkanes of at least 4 members (excludes halogenated alkanes) is 1. The van der Waals surface area contributed by atoms with Crippen molar-refractivity contribution in [2.24, 2.45) is 0 Å². The quantitative estimate of drug-likeness (QED) is 0.665. The second kappa shape index (κ2) is 5.14. The molecule has 0 aliphatic heterocycles. The van der Waals surface area contributed by atoms with E-state index in [2.05, 4.69) is 0 Å². The molecular formula is C6H9F2I. The van der Waals surface area contributed by atoms with E-state index in [9.17, 15) is 8.78 Å². The molecule has 0 aromatic rings. The summed E-state index contributed by atoms with van der Waals surface area (Å²) < 4.78 is 23.4. The van der Waals surface area contributed by atoms with Crippen molar-refractivity contribution < 1.29 is 8.78 Å². The fourth-order valence-corrected chi connectivity index (χ4v) is 0.696. The first-order valence-electron chi connectivity index (χ1n) is 2.88. The molecule has 0 aliphatic rings. The van der Waals surface area contributed by atoms with E-state index >= 15 is 0 Å². The van der Waals surface area contributed by atoms with E-state index in [4.69, 9.17) is 0 Å². The molecule has 0 aromatic carbocycles. The Balaban J connectivity index is 3.50. The molecule has 0 saturated heterocycles. The number of halogens is 3. The Morgan fingerprint density at radius 3 is 2.33 bits per heavy atom. The molecule has 0 aliphatic carbocycles. The minimum atomic E-state index is -0.707. The van der Waals surface area contributed by atoms with Gasteiger partial charge in [-0.25, -0.2) is 4.39 Å². The van der Waals surface area contributed by atoms with Gasteiger partial charge in [0.15, 0.2) is 3.83 Å². The first-order valence-corrected chi connectivity index (χ1v) is 3.96. The predicted octanol–water partition coefficient (Wildman–Crippen LogP) is 3.72. The molecule has 0 nitrogen and oxygen atoms in total. The van der Waals surface area contributed by atoms with Crippen molar-refractivity contribution in [3.05, 3.63) is 9.66 Å². The van der Waals surface area contributed by atoms with Crippen molar-refractivity contribution in [3.63, 3.8) is 0 Å². The van der Waals surface area contributed by atoms with Crippen LogP contribution in [0.3, 0.4) is 0 Å². The number of rotatable bonds is 3. The Labute approximate surface area is 67.5 Å². The smallest absolute Gasteiger partial charge is 0.191 e. The number of hydrogen-bond donors (Lipinski definition) is 0. The predicted molar refractivity (Wildman–Crippen MR) is 42.8 cm³/mol. The van der Waals surface area contributed by atoms with Crippen LogP contribution in [0.15, 0.2) is 9.66 Å². The Kier molecular flexibility index (Phi) is 5.33. The second-order valence-electron chi connectivity index (χ2n) is 1.77. The fourth-order valence-electron chi connectivity index (χ4n) is 0.426. The fraction of sp³-hybridized carbons (Fsp3) is 0.667. The van der Waals surface area contributed by atoms with Gasteiger partial charge in [0.2, 0.25) is 0 Å². The van der Waals surface area contributed by atoms with Crippen molar-refractivity contribution >= 4 is 22.6 Å². The van der Waals surface area contributed by atoms with E-state index in [1.165, 1.54) is 22.6 Å². The summed E-state index contributed by atoms with van der Waals surface area (Å²) in [6.45, 7) is 1.94. The summed E-state index contributed by atoms with van der Waals surface area (Å²) in [4.78, 5) is 0. The molecule has 0 atom stereocenters. The zero-order chi connectivity index (χ0) is 7.28. The van der Waals surface area contributed by atoms with Crippen LogP contribution in [0.5, 0.6) is 0 Å². The van der Waals surface area contributed by atoms with E-state index in [-0.39, 0.29) is 6.42 Å². The third kappa shape index (κ3) is 4.81. The van der Waals surface area contributed by atoms with Crippen LogP contribution in [0, 0.1) is 0 Å². The minimum Gasteiger partial charge on any atom is -0.208 e. The normalized spacial score (nSPS) is 13.3. The van der Waals surface area contributed by atoms with E-state index in [0.29, 0.717) is 0 Å². The monoisotopic (exact) mass is 246 g/mol. The standard InChI is InChI=1S/C6H9F2I/c1-2-3-4-5(7)6(8)9/h2-4H2,1H3/b6-5+. The zero-order valence-electron chi connectivity index (χ0n) is 5.26. The third-order valence-corrected chi connectivity index (χ3v) is 1.54. The highest BCUT2D eigenvalue weighted by Crippen LogP contribution is 2.19. The minimum absolute atomic E-state index is 0.241. The van der Waals surface area contributed by atoms with Gasteiger partial charge in [-0.3, -0.25) is 0 Å². The van der Waals surface area contributed by atoms with Crippen molar-refractivity contribution in [1.29, 1.82) is 0 Å². The average molecular weight is 246 g/mol. The molecule has 0 fully saturated rings. The van der Waals surface area contributed by atoms with Gasteiger partial charge >= 0.3 is 0 Å². The van der Waals surface area contributed by atoms with Crippen LogP contribution < -0.4 is 0 Å². The molecule has 0 spiro atoms. The lowest BCUT2D eigenvalue weighted by Gasteiger charge is -1.92. The molecule has 0 bridgehead atoms. The molecule has 3 heteroatoms. The summed E-state index contributed by atoms with van der Waals surface area (Å²) in [7, 11) is 0. The number of hydrogen-bond acceptors (Lipinski definition) is 0. The van der Waals surface area contributed by atoms with Crippen molar-refractivity contribution in [3.8, 4) is 0 Å². The maximum absolute atomic E-state index is 12.2. The SMILES string of the molecule is CCCC/C(F)=C(/F)I. The maximum atomic E-state index is 12.2. The highest BCUT2D eigenvalue weighted by Gasteiger charge is 1.99. The van der Waals surface area contributed by atoms with Gasteiger partial charge in [0.1, 0.15) is 5.83 Å². The lowest BCUT2D eigenvalue weighted by Crippen LogP contribution is -1.75. The largest absolute Gasteiger partial charge is 0.208 e. The van der Waals surface area contributed by atoms with Crippen molar-refractivity contribution in [1.82, 2.24) is 0 Å². The highest BCUT2D eigenvalue weighted by molar-refractivity contribution is 14.1. The highest BCUT2D eigenvalue weighted by atomic mass is 127. The lowest BCUT2D eigenvalue weighted by molar-refractivity contribution is 0.530. The van der Waals surface area contributed by atoms with Gasteiger partial charge in [-0.05, 0) is 29.0 Å². The van der Waals surface area contributed by atoms with Crippen LogP contribution in [-0.4, -0.2) is 0 Å². The zero-order valence-corrected chi connectivity index (χ0v) is 7.41. The summed E-state index contributed by atoms with van der Waals surface area (Å²) in [5.41, 5.74) is 0. The van der Waals surface area contributed by atoms with Crippen molar-refractivity contribution in [2.75, 3.05) is 0 Å². The Hall–Kier alpha value is 0.330. The van der Waals surface area contributed by atoms with Crippen LogP contribution >= 0.6 is 22.6 Å². The van der Waals surface area contributed by atoms with Gasteiger partial charge in [-0.1, -0.05) is 13.3 Å². The van der Waals surface area contributed by atoms with Gasteiger partial charge in [0.25, 0.3) is 0 Å². The van der Waals surface area contributed by atoms with Gasteiger partial charge in [-0.15, -0.1) is 0 Å². The van der Waals surface area contributed by atoms with Crippen molar-refractivity contribution in [2.45, 2.75) is 26.2 Å². The average Bonchev–Trinajstić information content (AvgIpc) is 1.82. The first-order chi connectivity index (χ1) is 4.18. The van der Waals surface area contributed by atoms with Gasteiger partial charge in [0, 0.05) is 6.42 Å². The third-order valence-electron chi connectivity index (χ3n) is 0.955. The van der Waals surface area contributed by atoms with Crippen LogP contribution in [0.1, 0.15) is 26.2 Å². The Morgan fingerprint density at radius 2 is 2.00 bits per heavy atom. The lowest BCUT2D eigenvalue weighted by atomic mass is 10.2. The molecule has 54 valence electrons. The molecule has 0 heterocycles. The molecular weight excluding hydrogens is 237 g/mol. The first kappa shape index (κ1) is 9.33. The molecule has 0 unspecified atom stereocenters. The van der Waals surface area contributed by atoms with Gasteiger partial charge in [-0.2, -0.15) is 4.39 Å². The second-order valence-corrected chi connectivity index (χ2v) is 2.72. The molecule has 0 N–H and O–H groups in total. The molecule has 0 rings (SSSR count). The van der Waals surface area contributed by atoms with E-state index in [1.54, 1.807) is 0 Å². The summed E-state index contributed by atoms with van der Waals surface area (Å²) in [5.74, 6) is -0.613. The molecule has 0 aromatic heterocycles. The summed E-state index contributed by atoms with van der Waals surface area (Å²) >= 11 is 1.35. The van der Waals surface area contributed by atoms with Crippen LogP contribution in [0.25, 0.3) is 0 Å². The Bertz CT molecular complexity index is 106. The molecule has 0 radical (unpaired) electrons. The van der Waals surface area contributed by atoms with Crippen LogP contribution in [0.4, 0.5) is 8.78 Å². The van der Waals surface area contributed by atoms with E-state index in [0.717, 1.165) is 12.8 Å². The molecule has 0 amide bonds. The van der Waals surface area contributed by atoms with Crippen LogP contribution in [0.2, 0.25) is 0 Å². The Morgan fingerprint density at radius 1 is 1.44 bits per heavy atom. The molecule has 9 heavy (non-hydrogen) atoms. The number of allylic oxidation sites excluding steroid dienone is 1. The summed E-state index contributed by atoms with van der Waals surface area (Å²) in [5, 5.41) is 0. The molecule has 0 saturated carbocycles. The van der Waals surface area contributed by atoms with Gasteiger partial charge in [0.05, 0.1) is 0 Å². The summed E-state index contributed by atoms with van der Waals surface area (Å²) in [6, 6.07) is 0. The van der Waals surface area contributed by atoms with Crippen LogP contribution in [-0.2, 0) is 0 Å². The van der Waals surface area contributed by atoms with E-state index in [1.807, 2.05) is 6.92 Å². The maximum Gasteiger partial charge on any atom is 0.191 e. The van der Waals surface area contributed by atoms with Gasteiger partial charge < -0.3 is 0 Å². The topological polar surface area (TPSA) is 0 Å². The van der Waals surface area contributed by atoms with E-state index < -0.39 is 9.66 Å². The summed E-state index contributed by atoms with van der Waals surface area (Å²) in [6.07, 6.45) is 1.87.